The van der Waals surface area contributed by atoms with Crippen LogP contribution in [-0.4, -0.2) is 22.9 Å². The summed E-state index contributed by atoms with van der Waals surface area (Å²) in [5.41, 5.74) is 0.524. The largest absolute Gasteiger partial charge is 0.465 e. The number of halogens is 1. The van der Waals surface area contributed by atoms with Crippen molar-refractivity contribution in [2.45, 2.75) is 6.04 Å². The average Bonchev–Trinajstić information content (AvgIpc) is 2.15. The van der Waals surface area contributed by atoms with Gasteiger partial charge < -0.3 is 15.5 Å². The summed E-state index contributed by atoms with van der Waals surface area (Å²) in [5.74, 6) is -0.402. The number of carboxylic acid groups (broad SMARTS) is 1. The normalized spacial score (nSPS) is 12.1. The predicted octanol–water partition coefficient (Wildman–Crippen LogP) is 1.13. The molecule has 4 nitrogen and oxygen atoms in total. The summed E-state index contributed by atoms with van der Waals surface area (Å²) < 4.78 is 12.5. The van der Waals surface area contributed by atoms with E-state index in [2.05, 4.69) is 5.32 Å². The number of hydrogen-bond acceptors (Lipinski definition) is 2. The topological polar surface area (TPSA) is 69.6 Å². The number of nitrogens with one attached hydrogen (secondary N) is 1. The molecule has 1 aromatic rings. The zero-order valence-corrected chi connectivity index (χ0v) is 7.27. The second kappa shape index (κ2) is 4.57. The molecule has 0 saturated carbocycles. The van der Waals surface area contributed by atoms with E-state index < -0.39 is 18.0 Å². The SMILES string of the molecule is O=C(O)N[C@H](CO)c1ccc(F)cc1. The maximum atomic E-state index is 12.5. The van der Waals surface area contributed by atoms with Crippen molar-refractivity contribution in [1.29, 1.82) is 0 Å². The van der Waals surface area contributed by atoms with Crippen LogP contribution < -0.4 is 5.32 Å². The van der Waals surface area contributed by atoms with Gasteiger partial charge >= 0.3 is 6.09 Å². The molecule has 0 aliphatic carbocycles. The first kappa shape index (κ1) is 10.5. The van der Waals surface area contributed by atoms with Crippen LogP contribution in [0.15, 0.2) is 24.3 Å². The van der Waals surface area contributed by atoms with Crippen LogP contribution in [-0.2, 0) is 0 Å². The number of aliphatic hydroxyl groups excluding tert-OH is 1. The maximum absolute atomic E-state index is 12.5. The molecule has 1 aromatic carbocycles. The lowest BCUT2D eigenvalue weighted by Crippen LogP contribution is -2.29. The van der Waals surface area contributed by atoms with Gasteiger partial charge in [0.05, 0.1) is 12.6 Å². The molecule has 1 amide bonds. The maximum Gasteiger partial charge on any atom is 0.405 e. The van der Waals surface area contributed by atoms with Crippen LogP contribution in [0.1, 0.15) is 11.6 Å². The highest BCUT2D eigenvalue weighted by Crippen LogP contribution is 2.12. The van der Waals surface area contributed by atoms with Gasteiger partial charge in [0, 0.05) is 0 Å². The van der Waals surface area contributed by atoms with Crippen LogP contribution >= 0.6 is 0 Å². The van der Waals surface area contributed by atoms with Crippen molar-refractivity contribution < 1.29 is 19.4 Å². The molecule has 0 unspecified atom stereocenters. The first-order chi connectivity index (χ1) is 6.63. The molecule has 0 aromatic heterocycles. The van der Waals surface area contributed by atoms with Gasteiger partial charge in [-0.05, 0) is 17.7 Å². The van der Waals surface area contributed by atoms with Gasteiger partial charge in [-0.1, -0.05) is 12.1 Å². The highest BCUT2D eigenvalue weighted by molar-refractivity contribution is 5.65. The molecule has 0 heterocycles. The van der Waals surface area contributed by atoms with Gasteiger partial charge in [-0.3, -0.25) is 0 Å². The Labute approximate surface area is 80.0 Å². The van der Waals surface area contributed by atoms with E-state index in [-0.39, 0.29) is 6.61 Å². The lowest BCUT2D eigenvalue weighted by molar-refractivity contribution is 0.177. The van der Waals surface area contributed by atoms with Crippen LogP contribution in [0.5, 0.6) is 0 Å². The fourth-order valence-corrected chi connectivity index (χ4v) is 1.08. The van der Waals surface area contributed by atoms with Gasteiger partial charge in [-0.25, -0.2) is 9.18 Å². The van der Waals surface area contributed by atoms with Crippen molar-refractivity contribution in [2.75, 3.05) is 6.61 Å². The molecular formula is C9H10FNO3. The molecule has 0 radical (unpaired) electrons. The van der Waals surface area contributed by atoms with Crippen molar-refractivity contribution in [2.24, 2.45) is 0 Å². The average molecular weight is 199 g/mol. The summed E-state index contributed by atoms with van der Waals surface area (Å²) in [6, 6.07) is 4.55. The minimum atomic E-state index is -1.23. The molecule has 0 aliphatic rings. The first-order valence-electron chi connectivity index (χ1n) is 3.99. The number of rotatable bonds is 3. The van der Waals surface area contributed by atoms with Crippen LogP contribution in [0.3, 0.4) is 0 Å². The molecular weight excluding hydrogens is 189 g/mol. The fourth-order valence-electron chi connectivity index (χ4n) is 1.08. The number of carbonyl (C=O) groups is 1. The van der Waals surface area contributed by atoms with E-state index in [0.29, 0.717) is 5.56 Å². The van der Waals surface area contributed by atoms with Crippen LogP contribution in [0, 0.1) is 5.82 Å². The van der Waals surface area contributed by atoms with E-state index in [1.54, 1.807) is 0 Å². The summed E-state index contributed by atoms with van der Waals surface area (Å²) in [4.78, 5) is 10.3. The zero-order chi connectivity index (χ0) is 10.6. The number of amides is 1. The third-order valence-electron chi connectivity index (χ3n) is 1.75. The molecule has 0 aliphatic heterocycles. The highest BCUT2D eigenvalue weighted by Gasteiger charge is 2.12. The van der Waals surface area contributed by atoms with E-state index in [1.165, 1.54) is 24.3 Å². The van der Waals surface area contributed by atoms with Crippen molar-refractivity contribution in [3.63, 3.8) is 0 Å². The monoisotopic (exact) mass is 199 g/mol. The number of aliphatic hydroxyl groups is 1. The lowest BCUT2D eigenvalue weighted by atomic mass is 10.1. The summed E-state index contributed by atoms with van der Waals surface area (Å²) in [5, 5.41) is 19.4. The Morgan fingerprint density at radius 2 is 2.00 bits per heavy atom. The molecule has 1 atom stereocenters. The Morgan fingerprint density at radius 1 is 1.43 bits per heavy atom. The van der Waals surface area contributed by atoms with E-state index in [4.69, 9.17) is 10.2 Å². The van der Waals surface area contributed by atoms with Crippen molar-refractivity contribution >= 4 is 6.09 Å². The Kier molecular flexibility index (Phi) is 3.41. The second-order valence-electron chi connectivity index (χ2n) is 2.74. The molecule has 76 valence electrons. The standard InChI is InChI=1S/C9H10FNO3/c10-7-3-1-6(2-4-7)8(5-12)11-9(13)14/h1-4,8,11-12H,5H2,(H,13,14)/t8-/m1/s1. The first-order valence-corrected chi connectivity index (χ1v) is 3.99. The van der Waals surface area contributed by atoms with Gasteiger partial charge in [0.1, 0.15) is 5.82 Å². The smallest absolute Gasteiger partial charge is 0.405 e. The fraction of sp³-hybridized carbons (Fsp3) is 0.222. The molecule has 0 saturated heterocycles. The quantitative estimate of drug-likeness (QED) is 0.683. The van der Waals surface area contributed by atoms with Gasteiger partial charge in [0.25, 0.3) is 0 Å². The van der Waals surface area contributed by atoms with Crippen LogP contribution in [0.25, 0.3) is 0 Å². The zero-order valence-electron chi connectivity index (χ0n) is 7.27. The van der Waals surface area contributed by atoms with E-state index in [1.807, 2.05) is 0 Å². The summed E-state index contributed by atoms with van der Waals surface area (Å²) in [6.45, 7) is -0.363. The Balaban J connectivity index is 2.78. The van der Waals surface area contributed by atoms with E-state index >= 15 is 0 Å². The van der Waals surface area contributed by atoms with Crippen molar-refractivity contribution in [1.82, 2.24) is 5.32 Å². The molecule has 0 bridgehead atoms. The van der Waals surface area contributed by atoms with Crippen LogP contribution in [0.2, 0.25) is 0 Å². The van der Waals surface area contributed by atoms with E-state index in [0.717, 1.165) is 0 Å². The molecule has 0 fully saturated rings. The third kappa shape index (κ3) is 2.70. The third-order valence-corrected chi connectivity index (χ3v) is 1.75. The molecule has 5 heteroatoms. The molecule has 3 N–H and O–H groups in total. The van der Waals surface area contributed by atoms with Crippen LogP contribution in [0.4, 0.5) is 9.18 Å². The Morgan fingerprint density at radius 3 is 2.43 bits per heavy atom. The summed E-state index contributed by atoms with van der Waals surface area (Å²) in [7, 11) is 0. The molecule has 14 heavy (non-hydrogen) atoms. The van der Waals surface area contributed by atoms with Gasteiger partial charge in [-0.15, -0.1) is 0 Å². The number of hydrogen-bond donors (Lipinski definition) is 3. The second-order valence-corrected chi connectivity index (χ2v) is 2.74. The predicted molar refractivity (Wildman–Crippen MR) is 47.4 cm³/mol. The van der Waals surface area contributed by atoms with Gasteiger partial charge in [-0.2, -0.15) is 0 Å². The lowest BCUT2D eigenvalue weighted by Gasteiger charge is -2.13. The van der Waals surface area contributed by atoms with E-state index in [9.17, 15) is 9.18 Å². The summed E-state index contributed by atoms with van der Waals surface area (Å²) in [6.07, 6.45) is -1.23. The Bertz CT molecular complexity index is 312. The Hall–Kier alpha value is -1.62. The highest BCUT2D eigenvalue weighted by atomic mass is 19.1. The molecule has 1 rings (SSSR count). The van der Waals surface area contributed by atoms with Crippen molar-refractivity contribution in [3.8, 4) is 0 Å². The number of benzene rings is 1. The van der Waals surface area contributed by atoms with Gasteiger partial charge in [0.15, 0.2) is 0 Å². The van der Waals surface area contributed by atoms with Gasteiger partial charge in [0.2, 0.25) is 0 Å². The van der Waals surface area contributed by atoms with Crippen molar-refractivity contribution in [3.05, 3.63) is 35.6 Å². The molecule has 0 spiro atoms. The minimum Gasteiger partial charge on any atom is -0.465 e. The minimum absolute atomic E-state index is 0.363. The summed E-state index contributed by atoms with van der Waals surface area (Å²) >= 11 is 0.